The van der Waals surface area contributed by atoms with Gasteiger partial charge in [0.25, 0.3) is 11.5 Å². The summed E-state index contributed by atoms with van der Waals surface area (Å²) in [6.45, 7) is 0. The van der Waals surface area contributed by atoms with Gasteiger partial charge >= 0.3 is 0 Å². The number of rotatable bonds is 2. The zero-order chi connectivity index (χ0) is 18.5. The van der Waals surface area contributed by atoms with Crippen LogP contribution in [-0.2, 0) is 0 Å². The lowest BCUT2D eigenvalue weighted by Gasteiger charge is -2.25. The number of hydrogen-bond acceptors (Lipinski definition) is 4. The van der Waals surface area contributed by atoms with E-state index in [1.165, 1.54) is 18.2 Å². The lowest BCUT2D eigenvalue weighted by atomic mass is 10.0. The maximum absolute atomic E-state index is 11.2. The SMILES string of the molecule is O=[N+]([O-])c1ccc(O)c(C2Nc3ccccc3-c3[nH]c4ccccc4[n+]32)c1. The predicted molar refractivity (Wildman–Crippen MR) is 100 cm³/mol. The van der Waals surface area contributed by atoms with E-state index in [0.29, 0.717) is 5.56 Å². The van der Waals surface area contributed by atoms with E-state index in [9.17, 15) is 15.2 Å². The van der Waals surface area contributed by atoms with Crippen molar-refractivity contribution in [2.45, 2.75) is 6.17 Å². The van der Waals surface area contributed by atoms with E-state index in [2.05, 4.69) is 10.3 Å². The molecule has 0 saturated carbocycles. The number of imidazole rings is 1. The van der Waals surface area contributed by atoms with Crippen molar-refractivity contribution >= 4 is 22.4 Å². The highest BCUT2D eigenvalue weighted by molar-refractivity contribution is 5.80. The predicted octanol–water partition coefficient (Wildman–Crippen LogP) is 3.71. The van der Waals surface area contributed by atoms with Crippen LogP contribution in [0.15, 0.2) is 66.7 Å². The third kappa shape index (κ3) is 2.25. The Morgan fingerprint density at radius 1 is 1.04 bits per heavy atom. The van der Waals surface area contributed by atoms with Crippen molar-refractivity contribution < 1.29 is 14.6 Å². The molecule has 0 radical (unpaired) electrons. The van der Waals surface area contributed by atoms with E-state index in [-0.39, 0.29) is 11.4 Å². The number of nitrogens with one attached hydrogen (secondary N) is 2. The molecule has 0 spiro atoms. The number of aromatic hydroxyl groups is 1. The summed E-state index contributed by atoms with van der Waals surface area (Å²) in [6.07, 6.45) is -0.494. The number of nitro groups is 1. The maximum Gasteiger partial charge on any atom is 0.291 e. The van der Waals surface area contributed by atoms with Crippen molar-refractivity contribution in [1.29, 1.82) is 0 Å². The van der Waals surface area contributed by atoms with E-state index in [4.69, 9.17) is 0 Å². The Balaban J connectivity index is 1.82. The summed E-state index contributed by atoms with van der Waals surface area (Å²) >= 11 is 0. The van der Waals surface area contributed by atoms with E-state index in [0.717, 1.165) is 28.1 Å². The maximum atomic E-state index is 11.2. The van der Waals surface area contributed by atoms with Crippen LogP contribution in [0.4, 0.5) is 11.4 Å². The number of nitro benzene ring substituents is 1. The lowest BCUT2D eigenvalue weighted by molar-refractivity contribution is -0.673. The second kappa shape index (κ2) is 5.57. The molecular formula is C20H15N4O3+. The van der Waals surface area contributed by atoms with E-state index in [1.54, 1.807) is 0 Å². The average molecular weight is 359 g/mol. The number of aromatic amines is 1. The molecule has 3 aromatic carbocycles. The molecule has 1 aliphatic heterocycles. The Hall–Kier alpha value is -3.87. The number of H-pyrrole nitrogens is 1. The first-order chi connectivity index (χ1) is 13.1. The molecule has 1 atom stereocenters. The highest BCUT2D eigenvalue weighted by atomic mass is 16.6. The first kappa shape index (κ1) is 15.4. The highest BCUT2D eigenvalue weighted by Crippen LogP contribution is 2.37. The summed E-state index contributed by atoms with van der Waals surface area (Å²) in [5.41, 5.74) is 4.14. The number of nitrogens with zero attached hydrogens (tertiary/aromatic N) is 2. The first-order valence-corrected chi connectivity index (χ1v) is 8.49. The number of anilines is 1. The fourth-order valence-electron chi connectivity index (χ4n) is 3.68. The second-order valence-electron chi connectivity index (χ2n) is 6.45. The molecule has 0 fully saturated rings. The van der Waals surface area contributed by atoms with Crippen LogP contribution in [0.5, 0.6) is 5.75 Å². The fourth-order valence-corrected chi connectivity index (χ4v) is 3.68. The number of phenols is 1. The van der Waals surface area contributed by atoms with Gasteiger partial charge in [0.1, 0.15) is 5.75 Å². The van der Waals surface area contributed by atoms with Crippen LogP contribution in [0.1, 0.15) is 11.7 Å². The van der Waals surface area contributed by atoms with Crippen molar-refractivity contribution in [2.24, 2.45) is 0 Å². The molecule has 0 bridgehead atoms. The van der Waals surface area contributed by atoms with Crippen LogP contribution in [-0.4, -0.2) is 15.0 Å². The van der Waals surface area contributed by atoms with Gasteiger partial charge in [-0.3, -0.25) is 10.1 Å². The zero-order valence-electron chi connectivity index (χ0n) is 14.1. The standard InChI is InChI=1S/C20H14N4O3/c25-18-10-9-12(24(26)27)11-14(18)20-21-15-6-2-1-5-13(15)19-22-16-7-3-4-8-17(16)23(19)20/h1-11,20H,(H2,21,22,25)/p+1. The van der Waals surface area contributed by atoms with Crippen molar-refractivity contribution in [3.63, 3.8) is 0 Å². The van der Waals surface area contributed by atoms with Gasteiger partial charge in [0.15, 0.2) is 11.0 Å². The van der Waals surface area contributed by atoms with E-state index < -0.39 is 11.1 Å². The summed E-state index contributed by atoms with van der Waals surface area (Å²) < 4.78 is 2.02. The number of para-hydroxylation sites is 3. The van der Waals surface area contributed by atoms with Crippen molar-refractivity contribution in [1.82, 2.24) is 4.98 Å². The van der Waals surface area contributed by atoms with Crippen LogP contribution in [0.25, 0.3) is 22.4 Å². The molecule has 4 aromatic rings. The third-order valence-corrected chi connectivity index (χ3v) is 4.91. The van der Waals surface area contributed by atoms with Gasteiger partial charge in [-0.15, -0.1) is 0 Å². The number of phenolic OH excluding ortho intramolecular Hbond substituents is 1. The van der Waals surface area contributed by atoms with Gasteiger partial charge < -0.3 is 10.4 Å². The minimum atomic E-state index is -0.494. The monoisotopic (exact) mass is 359 g/mol. The van der Waals surface area contributed by atoms with E-state index >= 15 is 0 Å². The molecule has 27 heavy (non-hydrogen) atoms. The van der Waals surface area contributed by atoms with Gasteiger partial charge in [-0.25, -0.2) is 4.98 Å². The van der Waals surface area contributed by atoms with Crippen LogP contribution in [0.3, 0.4) is 0 Å². The summed E-state index contributed by atoms with van der Waals surface area (Å²) in [5, 5.41) is 25.1. The molecule has 2 heterocycles. The average Bonchev–Trinajstić information content (AvgIpc) is 3.07. The Kier molecular flexibility index (Phi) is 3.17. The molecule has 132 valence electrons. The summed E-state index contributed by atoms with van der Waals surface area (Å²) in [5.74, 6) is 0.877. The summed E-state index contributed by atoms with van der Waals surface area (Å²) in [4.78, 5) is 14.2. The Labute approximate surface area is 153 Å². The van der Waals surface area contributed by atoms with Gasteiger partial charge in [0.2, 0.25) is 6.17 Å². The normalized spacial score (nSPS) is 15.0. The van der Waals surface area contributed by atoms with Gasteiger partial charge in [0, 0.05) is 12.1 Å². The van der Waals surface area contributed by atoms with Crippen LogP contribution >= 0.6 is 0 Å². The number of fused-ring (bicyclic) bond motifs is 5. The highest BCUT2D eigenvalue weighted by Gasteiger charge is 2.36. The lowest BCUT2D eigenvalue weighted by Crippen LogP contribution is -2.48. The molecule has 0 amide bonds. The van der Waals surface area contributed by atoms with Gasteiger partial charge in [0.05, 0.1) is 21.7 Å². The van der Waals surface area contributed by atoms with Crippen LogP contribution in [0.2, 0.25) is 0 Å². The molecule has 3 N–H and O–H groups in total. The van der Waals surface area contributed by atoms with Crippen molar-refractivity contribution in [2.75, 3.05) is 5.32 Å². The van der Waals surface area contributed by atoms with Crippen LogP contribution in [0, 0.1) is 10.1 Å². The fraction of sp³-hybridized carbons (Fsp3) is 0.0500. The quantitative estimate of drug-likeness (QED) is 0.289. The van der Waals surface area contributed by atoms with Gasteiger partial charge in [-0.1, -0.05) is 24.3 Å². The molecule has 1 unspecified atom stereocenters. The molecule has 7 nitrogen and oxygen atoms in total. The second-order valence-corrected chi connectivity index (χ2v) is 6.45. The topological polar surface area (TPSA) is 95.1 Å². The van der Waals surface area contributed by atoms with Gasteiger partial charge in [-0.2, -0.15) is 4.57 Å². The summed E-state index contributed by atoms with van der Waals surface area (Å²) in [6, 6.07) is 19.8. The van der Waals surface area contributed by atoms with Gasteiger partial charge in [-0.05, 0) is 30.3 Å². The molecule has 1 aliphatic rings. The summed E-state index contributed by atoms with van der Waals surface area (Å²) in [7, 11) is 0. The molecule has 5 rings (SSSR count). The molecular weight excluding hydrogens is 344 g/mol. The van der Waals surface area contributed by atoms with E-state index in [1.807, 2.05) is 53.1 Å². The molecule has 1 aromatic heterocycles. The largest absolute Gasteiger partial charge is 0.507 e. The number of non-ortho nitro benzene ring substituents is 1. The van der Waals surface area contributed by atoms with Crippen molar-refractivity contribution in [3.05, 3.63) is 82.4 Å². The zero-order valence-corrected chi connectivity index (χ0v) is 14.1. The Bertz CT molecular complexity index is 1220. The first-order valence-electron chi connectivity index (χ1n) is 8.49. The number of benzene rings is 3. The smallest absolute Gasteiger partial charge is 0.291 e. The Morgan fingerprint density at radius 3 is 2.67 bits per heavy atom. The Morgan fingerprint density at radius 2 is 1.81 bits per heavy atom. The number of aromatic nitrogens is 2. The molecule has 7 heteroatoms. The minimum Gasteiger partial charge on any atom is -0.507 e. The van der Waals surface area contributed by atoms with Crippen LogP contribution < -0.4 is 9.88 Å². The van der Waals surface area contributed by atoms with Crippen molar-refractivity contribution in [3.8, 4) is 17.1 Å². The minimum absolute atomic E-state index is 0.00112. The molecule has 0 saturated heterocycles. The number of hydrogen-bond donors (Lipinski definition) is 3. The third-order valence-electron chi connectivity index (χ3n) is 4.91. The molecule has 0 aliphatic carbocycles.